The molecule has 0 spiro atoms. The molecule has 2 rings (SSSR count). The minimum Gasteiger partial charge on any atom is -0.481 e. The van der Waals surface area contributed by atoms with Crippen molar-refractivity contribution in [2.24, 2.45) is 11.8 Å². The van der Waals surface area contributed by atoms with Gasteiger partial charge in [-0.1, -0.05) is 48.3 Å². The van der Waals surface area contributed by atoms with Crippen LogP contribution in [0.4, 0.5) is 0 Å². The van der Waals surface area contributed by atoms with Crippen molar-refractivity contribution in [1.82, 2.24) is 5.32 Å². The average Bonchev–Trinajstić information content (AvgIpc) is 2.53. The predicted octanol–water partition coefficient (Wildman–Crippen LogP) is 3.73. The van der Waals surface area contributed by atoms with Crippen LogP contribution in [0.1, 0.15) is 45.1 Å². The quantitative estimate of drug-likeness (QED) is 0.816. The van der Waals surface area contributed by atoms with Crippen molar-refractivity contribution in [1.29, 1.82) is 0 Å². The molecule has 23 heavy (non-hydrogen) atoms. The summed E-state index contributed by atoms with van der Waals surface area (Å²) in [5.41, 5.74) is 0.991. The van der Waals surface area contributed by atoms with Gasteiger partial charge in [0.25, 0.3) is 0 Å². The number of rotatable bonds is 5. The highest BCUT2D eigenvalue weighted by molar-refractivity contribution is 9.10. The monoisotopic (exact) mass is 381 g/mol. The molecule has 126 valence electrons. The van der Waals surface area contributed by atoms with Crippen LogP contribution in [0.15, 0.2) is 28.7 Å². The number of amides is 1. The third-order valence-corrected chi connectivity index (χ3v) is 5.25. The Balaban J connectivity index is 1.92. The maximum absolute atomic E-state index is 12.4. The lowest BCUT2D eigenvalue weighted by Crippen LogP contribution is -2.41. The van der Waals surface area contributed by atoms with Gasteiger partial charge in [-0.25, -0.2) is 0 Å². The molecule has 5 heteroatoms. The van der Waals surface area contributed by atoms with Gasteiger partial charge in [-0.05, 0) is 37.0 Å². The van der Waals surface area contributed by atoms with Crippen LogP contribution in [-0.2, 0) is 15.0 Å². The van der Waals surface area contributed by atoms with E-state index >= 15 is 0 Å². The molecular formula is C18H24BrNO3. The van der Waals surface area contributed by atoms with Crippen molar-refractivity contribution >= 4 is 27.8 Å². The third-order valence-electron chi connectivity index (χ3n) is 4.72. The molecule has 1 aromatic carbocycles. The molecule has 0 radical (unpaired) electrons. The van der Waals surface area contributed by atoms with E-state index in [1.165, 1.54) is 0 Å². The maximum Gasteiger partial charge on any atom is 0.306 e. The molecule has 1 saturated carbocycles. The van der Waals surface area contributed by atoms with Gasteiger partial charge in [0.2, 0.25) is 5.91 Å². The van der Waals surface area contributed by atoms with Crippen LogP contribution in [0.3, 0.4) is 0 Å². The van der Waals surface area contributed by atoms with Crippen molar-refractivity contribution in [3.63, 3.8) is 0 Å². The summed E-state index contributed by atoms with van der Waals surface area (Å²) in [6, 6.07) is 8.10. The van der Waals surface area contributed by atoms with E-state index in [2.05, 4.69) is 47.2 Å². The fourth-order valence-corrected chi connectivity index (χ4v) is 3.37. The number of carbonyl (C=O) groups is 2. The van der Waals surface area contributed by atoms with Gasteiger partial charge in [-0.15, -0.1) is 0 Å². The second kappa shape index (κ2) is 7.47. The fourth-order valence-electron chi connectivity index (χ4n) is 3.11. The van der Waals surface area contributed by atoms with Gasteiger partial charge < -0.3 is 10.4 Å². The van der Waals surface area contributed by atoms with Gasteiger partial charge in [-0.2, -0.15) is 0 Å². The van der Waals surface area contributed by atoms with Crippen molar-refractivity contribution in [2.75, 3.05) is 6.54 Å². The lowest BCUT2D eigenvalue weighted by Gasteiger charge is -2.29. The Hall–Kier alpha value is -1.36. The standard InChI is InChI=1S/C18H24BrNO3/c1-18(2,14-6-8-15(19)9-7-14)11-20-16(21)12-4-3-5-13(10-12)17(22)23/h6-9,12-13H,3-5,10-11H2,1-2H3,(H,20,21)(H,22,23). The van der Waals surface area contributed by atoms with Gasteiger partial charge >= 0.3 is 5.97 Å². The van der Waals surface area contributed by atoms with Gasteiger partial charge in [0.15, 0.2) is 0 Å². The van der Waals surface area contributed by atoms with E-state index in [1.54, 1.807) is 0 Å². The highest BCUT2D eigenvalue weighted by Gasteiger charge is 2.31. The molecule has 0 bridgehead atoms. The molecule has 1 aliphatic carbocycles. The van der Waals surface area contributed by atoms with E-state index in [1.807, 2.05) is 12.1 Å². The Morgan fingerprint density at radius 3 is 2.43 bits per heavy atom. The number of carboxylic acids is 1. The van der Waals surface area contributed by atoms with Crippen molar-refractivity contribution in [3.8, 4) is 0 Å². The zero-order valence-corrected chi connectivity index (χ0v) is 15.2. The first-order chi connectivity index (χ1) is 10.8. The number of aliphatic carboxylic acids is 1. The number of nitrogens with one attached hydrogen (secondary N) is 1. The van der Waals surface area contributed by atoms with E-state index in [4.69, 9.17) is 5.11 Å². The van der Waals surface area contributed by atoms with Gasteiger partial charge in [0.1, 0.15) is 0 Å². The van der Waals surface area contributed by atoms with Crippen molar-refractivity contribution < 1.29 is 14.7 Å². The second-order valence-electron chi connectivity index (χ2n) is 7.01. The minimum atomic E-state index is -0.780. The molecule has 0 aromatic heterocycles. The molecule has 1 fully saturated rings. The molecule has 2 unspecified atom stereocenters. The summed E-state index contributed by atoms with van der Waals surface area (Å²) in [6.07, 6.45) is 2.74. The van der Waals surface area contributed by atoms with E-state index in [0.717, 1.165) is 22.9 Å². The van der Waals surface area contributed by atoms with E-state index in [9.17, 15) is 9.59 Å². The normalized spacial score (nSPS) is 21.7. The molecule has 4 nitrogen and oxygen atoms in total. The molecule has 1 aromatic rings. The number of hydrogen-bond donors (Lipinski definition) is 2. The van der Waals surface area contributed by atoms with Gasteiger partial charge in [0, 0.05) is 22.4 Å². The summed E-state index contributed by atoms with van der Waals surface area (Å²) in [7, 11) is 0. The zero-order chi connectivity index (χ0) is 17.0. The SMILES string of the molecule is CC(C)(CNC(=O)C1CCCC(C(=O)O)C1)c1ccc(Br)cc1. The molecule has 1 amide bonds. The summed E-state index contributed by atoms with van der Waals surface area (Å²) in [5.74, 6) is -1.34. The summed E-state index contributed by atoms with van der Waals surface area (Å²) in [5, 5.41) is 12.2. The minimum absolute atomic E-state index is 0.0128. The van der Waals surface area contributed by atoms with Crippen molar-refractivity contribution in [2.45, 2.75) is 44.9 Å². The van der Waals surface area contributed by atoms with E-state index in [0.29, 0.717) is 19.4 Å². The number of carbonyl (C=O) groups excluding carboxylic acids is 1. The Morgan fingerprint density at radius 1 is 1.22 bits per heavy atom. The lowest BCUT2D eigenvalue weighted by molar-refractivity contribution is -0.144. The van der Waals surface area contributed by atoms with Crippen molar-refractivity contribution in [3.05, 3.63) is 34.3 Å². The number of carboxylic acid groups (broad SMARTS) is 1. The average molecular weight is 382 g/mol. The Labute approximate surface area is 145 Å². The van der Waals surface area contributed by atoms with Gasteiger partial charge in [0.05, 0.1) is 5.92 Å². The first-order valence-corrected chi connectivity index (χ1v) is 8.85. The highest BCUT2D eigenvalue weighted by Crippen LogP contribution is 2.30. The zero-order valence-electron chi connectivity index (χ0n) is 13.6. The van der Waals surface area contributed by atoms with Crippen LogP contribution in [0.25, 0.3) is 0 Å². The van der Waals surface area contributed by atoms with Gasteiger partial charge in [-0.3, -0.25) is 9.59 Å². The van der Waals surface area contributed by atoms with Crippen LogP contribution in [0.5, 0.6) is 0 Å². The fraction of sp³-hybridized carbons (Fsp3) is 0.556. The lowest BCUT2D eigenvalue weighted by atomic mass is 9.80. The Kier molecular flexibility index (Phi) is 5.84. The first kappa shape index (κ1) is 18.0. The number of benzene rings is 1. The molecule has 1 aliphatic rings. The Bertz CT molecular complexity index is 568. The largest absolute Gasteiger partial charge is 0.481 e. The van der Waals surface area contributed by atoms with E-state index < -0.39 is 5.97 Å². The molecule has 0 saturated heterocycles. The summed E-state index contributed by atoms with van der Waals surface area (Å²) in [6.45, 7) is 4.73. The smallest absolute Gasteiger partial charge is 0.306 e. The first-order valence-electron chi connectivity index (χ1n) is 8.06. The summed E-state index contributed by atoms with van der Waals surface area (Å²) >= 11 is 3.43. The molecular weight excluding hydrogens is 358 g/mol. The summed E-state index contributed by atoms with van der Waals surface area (Å²) in [4.78, 5) is 23.5. The predicted molar refractivity (Wildman–Crippen MR) is 93.3 cm³/mol. The van der Waals surface area contributed by atoms with Crippen LogP contribution in [0, 0.1) is 11.8 Å². The molecule has 2 N–H and O–H groups in total. The van der Waals surface area contributed by atoms with Crippen LogP contribution < -0.4 is 5.32 Å². The maximum atomic E-state index is 12.4. The van der Waals surface area contributed by atoms with Crippen LogP contribution >= 0.6 is 15.9 Å². The molecule has 2 atom stereocenters. The number of hydrogen-bond acceptors (Lipinski definition) is 2. The molecule has 0 heterocycles. The topological polar surface area (TPSA) is 66.4 Å². The second-order valence-corrected chi connectivity index (χ2v) is 7.92. The highest BCUT2D eigenvalue weighted by atomic mass is 79.9. The summed E-state index contributed by atoms with van der Waals surface area (Å²) < 4.78 is 1.03. The van der Waals surface area contributed by atoms with E-state index in [-0.39, 0.29) is 23.2 Å². The van der Waals surface area contributed by atoms with Crippen LogP contribution in [-0.4, -0.2) is 23.5 Å². The Morgan fingerprint density at radius 2 is 1.83 bits per heavy atom. The number of halogens is 1. The third kappa shape index (κ3) is 4.80. The van der Waals surface area contributed by atoms with Crippen LogP contribution in [0.2, 0.25) is 0 Å². The molecule has 0 aliphatic heterocycles.